The number of carbonyl (C=O) groups is 4. The number of rotatable bonds is 7. The highest BCUT2D eigenvalue weighted by molar-refractivity contribution is 6.28. The molecular weight excluding hydrogens is 576 g/mol. The Morgan fingerprint density at radius 2 is 1.70 bits per heavy atom. The predicted octanol–water partition coefficient (Wildman–Crippen LogP) is 4.71. The number of nitrogens with one attached hydrogen (secondary N) is 2. The molecule has 0 saturated heterocycles. The van der Waals surface area contributed by atoms with Gasteiger partial charge in [0.2, 0.25) is 5.91 Å². The van der Waals surface area contributed by atoms with Crippen LogP contribution in [0.1, 0.15) is 13.8 Å². The second-order valence-electron chi connectivity index (χ2n) is 10.4. The monoisotopic (exact) mass is 604 g/mol. The van der Waals surface area contributed by atoms with Crippen LogP contribution in [-0.2, 0) is 9.59 Å². The van der Waals surface area contributed by atoms with Gasteiger partial charge in [-0.15, -0.1) is 4.90 Å². The van der Waals surface area contributed by atoms with Gasteiger partial charge in [-0.25, -0.2) is 22.9 Å². The lowest BCUT2D eigenvalue weighted by Gasteiger charge is -2.24. The Morgan fingerprint density at radius 3 is 2.36 bits per heavy atom. The summed E-state index contributed by atoms with van der Waals surface area (Å²) in [5.41, 5.74) is 0.995. The zero-order valence-electron chi connectivity index (χ0n) is 24.1. The number of pyridine rings is 1. The molecule has 1 unspecified atom stereocenters. The highest BCUT2D eigenvalue weighted by Crippen LogP contribution is 2.32. The van der Waals surface area contributed by atoms with E-state index in [-0.39, 0.29) is 28.9 Å². The summed E-state index contributed by atoms with van der Waals surface area (Å²) in [6.45, 7) is 3.42. The molecule has 44 heavy (non-hydrogen) atoms. The van der Waals surface area contributed by atoms with Gasteiger partial charge in [0, 0.05) is 31.9 Å². The number of carbonyl (C=O) groups excluding carboxylic acids is 4. The van der Waals surface area contributed by atoms with E-state index in [1.807, 2.05) is 0 Å². The van der Waals surface area contributed by atoms with Crippen molar-refractivity contribution in [3.8, 4) is 11.5 Å². The largest absolute Gasteiger partial charge is 0.505 e. The molecule has 2 aromatic carbocycles. The second kappa shape index (κ2) is 11.9. The highest BCUT2D eigenvalue weighted by atomic mass is 19.1. The number of ether oxygens (including phenoxy) is 1. The van der Waals surface area contributed by atoms with Crippen molar-refractivity contribution in [3.05, 3.63) is 78.6 Å². The zero-order chi connectivity index (χ0) is 31.7. The Bertz CT molecular complexity index is 1820. The summed E-state index contributed by atoms with van der Waals surface area (Å²) in [6, 6.07) is 10.1. The number of hydrogen-bond acceptors (Lipinski definition) is 6. The van der Waals surface area contributed by atoms with Crippen LogP contribution in [-0.4, -0.2) is 69.3 Å². The first kappa shape index (κ1) is 29.8. The molecule has 2 aromatic heterocycles. The van der Waals surface area contributed by atoms with Crippen LogP contribution in [0.5, 0.6) is 11.5 Å². The maximum absolute atomic E-state index is 15.2. The molecule has 0 fully saturated rings. The van der Waals surface area contributed by atoms with Crippen LogP contribution < -0.4 is 20.3 Å². The van der Waals surface area contributed by atoms with Gasteiger partial charge in [-0.2, -0.15) is 14.5 Å². The van der Waals surface area contributed by atoms with Gasteiger partial charge < -0.3 is 20.3 Å². The lowest BCUT2D eigenvalue weighted by atomic mass is 10.0. The number of urea groups is 2. The first-order valence-corrected chi connectivity index (χ1v) is 13.4. The number of aromatic nitrogens is 2. The molecule has 0 spiro atoms. The van der Waals surface area contributed by atoms with E-state index >= 15 is 4.39 Å². The number of fused-ring (bicyclic) bond motifs is 1. The van der Waals surface area contributed by atoms with Crippen molar-refractivity contribution in [1.29, 1.82) is 0 Å². The van der Waals surface area contributed by atoms with Crippen molar-refractivity contribution in [1.82, 2.24) is 14.5 Å². The summed E-state index contributed by atoms with van der Waals surface area (Å²) < 4.78 is 37.3. The number of halogens is 2. The van der Waals surface area contributed by atoms with Crippen LogP contribution >= 0.6 is 0 Å². The second-order valence-corrected chi connectivity index (χ2v) is 10.4. The minimum atomic E-state index is -1.44. The predicted molar refractivity (Wildman–Crippen MR) is 157 cm³/mol. The third kappa shape index (κ3) is 5.95. The van der Waals surface area contributed by atoms with Crippen LogP contribution in [0, 0.1) is 17.6 Å². The average Bonchev–Trinajstić information content (AvgIpc) is 3.44. The molecule has 12 nitrogen and oxygen atoms in total. The minimum absolute atomic E-state index is 0.0314. The SMILES string of the molecule is CC(C)[N+]1=CC(C(=O)Nc2ccc(Oc3cc(NC(=O)N(C)C)cn4nccc34)c(F)c2)C(=O)N(c2ccc(F)cc2)C1=O. The molecule has 6 amide bonds. The molecule has 0 aliphatic carbocycles. The summed E-state index contributed by atoms with van der Waals surface area (Å²) in [6.07, 6.45) is 4.31. The third-order valence-corrected chi connectivity index (χ3v) is 6.68. The van der Waals surface area contributed by atoms with Crippen LogP contribution in [0.4, 0.5) is 35.4 Å². The highest BCUT2D eigenvalue weighted by Gasteiger charge is 2.48. The van der Waals surface area contributed by atoms with Crippen molar-refractivity contribution in [2.75, 3.05) is 29.6 Å². The van der Waals surface area contributed by atoms with Crippen molar-refractivity contribution in [3.63, 3.8) is 0 Å². The molecule has 1 aliphatic heterocycles. The molecule has 2 N–H and O–H groups in total. The molecule has 14 heteroatoms. The summed E-state index contributed by atoms with van der Waals surface area (Å²) in [5.74, 6) is -4.44. The van der Waals surface area contributed by atoms with Gasteiger partial charge in [0.25, 0.3) is 0 Å². The molecule has 3 heterocycles. The molecule has 1 atom stereocenters. The fourth-order valence-electron chi connectivity index (χ4n) is 4.42. The van der Waals surface area contributed by atoms with Crippen molar-refractivity contribution in [2.45, 2.75) is 19.9 Å². The molecule has 0 saturated carbocycles. The van der Waals surface area contributed by atoms with Crippen LogP contribution in [0.3, 0.4) is 0 Å². The van der Waals surface area contributed by atoms with Gasteiger partial charge in [0.15, 0.2) is 23.2 Å². The number of imide groups is 1. The Balaban J connectivity index is 1.37. The number of anilines is 3. The Kier molecular flexibility index (Phi) is 8.07. The van der Waals surface area contributed by atoms with Crippen molar-refractivity contribution in [2.24, 2.45) is 5.92 Å². The van der Waals surface area contributed by atoms with Gasteiger partial charge in [0.1, 0.15) is 17.0 Å². The van der Waals surface area contributed by atoms with E-state index in [0.717, 1.165) is 23.1 Å². The van der Waals surface area contributed by atoms with Gasteiger partial charge in [-0.05, 0) is 56.3 Å². The summed E-state index contributed by atoms with van der Waals surface area (Å²) in [7, 11) is 3.16. The van der Waals surface area contributed by atoms with Gasteiger partial charge in [0.05, 0.1) is 30.3 Å². The molecule has 226 valence electrons. The average molecular weight is 605 g/mol. The first-order chi connectivity index (χ1) is 20.9. The Labute approximate surface area is 250 Å². The van der Waals surface area contributed by atoms with Crippen molar-refractivity contribution >= 4 is 52.7 Å². The van der Waals surface area contributed by atoms with Gasteiger partial charge in [-0.3, -0.25) is 4.79 Å². The standard InChI is InChI=1S/C30H27F2N7O5/c1-17(2)37-16-22(28(41)39(30(37)43)21-8-5-18(31)6-9-21)27(40)34-19-7-10-25(23(32)13-19)44-26-14-20(35-29(42)36(3)4)15-38-24(26)11-12-33-38/h5-17,22H,1-4H3,(H-,34,35,40,42)/p+1. The molecule has 1 aliphatic rings. The molecule has 5 rings (SSSR count). The summed E-state index contributed by atoms with van der Waals surface area (Å²) in [5, 5.41) is 9.36. The van der Waals surface area contributed by atoms with Gasteiger partial charge in [-0.1, -0.05) is 0 Å². The summed E-state index contributed by atoms with van der Waals surface area (Å²) in [4.78, 5) is 54.0. The van der Waals surface area contributed by atoms with E-state index in [0.29, 0.717) is 11.2 Å². The van der Waals surface area contributed by atoms with Crippen LogP contribution in [0.15, 0.2) is 67.0 Å². The fraction of sp³-hybridized carbons (Fsp3) is 0.200. The third-order valence-electron chi connectivity index (χ3n) is 6.68. The van der Waals surface area contributed by atoms with E-state index in [1.54, 1.807) is 40.2 Å². The van der Waals surface area contributed by atoms with Crippen LogP contribution in [0.2, 0.25) is 0 Å². The lowest BCUT2D eigenvalue weighted by molar-refractivity contribution is -0.459. The number of hydrogen-bond donors (Lipinski definition) is 2. The Hall–Kier alpha value is -5.66. The van der Waals surface area contributed by atoms with Gasteiger partial charge >= 0.3 is 18.0 Å². The van der Waals surface area contributed by atoms with Crippen molar-refractivity contribution < 1.29 is 37.3 Å². The Morgan fingerprint density at radius 1 is 0.977 bits per heavy atom. The zero-order valence-corrected chi connectivity index (χ0v) is 24.1. The topological polar surface area (TPSA) is 128 Å². The smallest absolute Gasteiger partial charge is 0.452 e. The van der Waals surface area contributed by atoms with E-state index in [1.165, 1.54) is 56.7 Å². The van der Waals surface area contributed by atoms with E-state index in [9.17, 15) is 23.6 Å². The summed E-state index contributed by atoms with van der Waals surface area (Å²) >= 11 is 0. The maximum Gasteiger partial charge on any atom is 0.505 e. The lowest BCUT2D eigenvalue weighted by Crippen LogP contribution is -2.55. The normalized spacial score (nSPS) is 14.9. The number of amides is 6. The molecule has 0 radical (unpaired) electrons. The first-order valence-electron chi connectivity index (χ1n) is 13.4. The molecular formula is C30H28F2N7O5+. The molecule has 4 aromatic rings. The number of nitrogens with zero attached hydrogens (tertiary/aromatic N) is 5. The maximum atomic E-state index is 15.2. The van der Waals surface area contributed by atoms with E-state index < -0.39 is 41.4 Å². The van der Waals surface area contributed by atoms with E-state index in [2.05, 4.69) is 15.7 Å². The van der Waals surface area contributed by atoms with Crippen LogP contribution in [0.25, 0.3) is 5.52 Å². The quantitative estimate of drug-likeness (QED) is 0.232. The fourth-order valence-corrected chi connectivity index (χ4v) is 4.42. The number of benzene rings is 2. The minimum Gasteiger partial charge on any atom is -0.452 e. The van der Waals surface area contributed by atoms with E-state index in [4.69, 9.17) is 4.74 Å². The molecule has 0 bridgehead atoms.